The maximum absolute atomic E-state index is 13.9. The van der Waals surface area contributed by atoms with Crippen molar-refractivity contribution in [2.75, 3.05) is 0 Å². The van der Waals surface area contributed by atoms with Crippen molar-refractivity contribution in [3.63, 3.8) is 0 Å². The number of carbonyl (C=O) groups is 1. The Morgan fingerprint density at radius 3 is 2.47 bits per heavy atom. The van der Waals surface area contributed by atoms with E-state index in [9.17, 15) is 13.6 Å². The van der Waals surface area contributed by atoms with Crippen LogP contribution in [0.25, 0.3) is 0 Å². The molecule has 1 amide bonds. The molecule has 0 aliphatic carbocycles. The van der Waals surface area contributed by atoms with Crippen LogP contribution in [0, 0.1) is 11.6 Å². The van der Waals surface area contributed by atoms with Crippen LogP contribution < -0.4 is 5.73 Å². The van der Waals surface area contributed by atoms with Crippen molar-refractivity contribution in [2.24, 2.45) is 5.73 Å². The average molecular weight is 268 g/mol. The van der Waals surface area contributed by atoms with E-state index in [1.54, 1.807) is 4.90 Å². The Morgan fingerprint density at radius 2 is 1.95 bits per heavy atom. The molecule has 2 rings (SSSR count). The number of hydrogen-bond donors (Lipinski definition) is 1. The van der Waals surface area contributed by atoms with Gasteiger partial charge in [0.1, 0.15) is 11.6 Å². The lowest BCUT2D eigenvalue weighted by atomic mass is 9.96. The van der Waals surface area contributed by atoms with Crippen molar-refractivity contribution < 1.29 is 13.6 Å². The molecule has 1 aliphatic rings. The molecular weight excluding hydrogens is 250 g/mol. The Labute approximate surface area is 111 Å². The quantitative estimate of drug-likeness (QED) is 0.850. The number of carbonyl (C=O) groups excluding carboxylic acids is 1. The van der Waals surface area contributed by atoms with Gasteiger partial charge < -0.3 is 10.6 Å². The van der Waals surface area contributed by atoms with E-state index in [1.807, 2.05) is 20.8 Å². The first-order chi connectivity index (χ1) is 8.71. The van der Waals surface area contributed by atoms with Gasteiger partial charge in [-0.05, 0) is 26.8 Å². The minimum atomic E-state index is -0.663. The van der Waals surface area contributed by atoms with Gasteiger partial charge in [-0.15, -0.1) is 0 Å². The Bertz CT molecular complexity index is 511. The first-order valence-electron chi connectivity index (χ1n) is 6.24. The van der Waals surface area contributed by atoms with Crippen LogP contribution >= 0.6 is 0 Å². The van der Waals surface area contributed by atoms with Crippen LogP contribution in [0.5, 0.6) is 0 Å². The van der Waals surface area contributed by atoms with Gasteiger partial charge in [-0.25, -0.2) is 8.78 Å². The van der Waals surface area contributed by atoms with Gasteiger partial charge in [0, 0.05) is 29.6 Å². The van der Waals surface area contributed by atoms with Crippen LogP contribution in [0.3, 0.4) is 0 Å². The molecule has 2 N–H and O–H groups in total. The lowest BCUT2D eigenvalue weighted by Crippen LogP contribution is -2.45. The van der Waals surface area contributed by atoms with E-state index >= 15 is 0 Å². The van der Waals surface area contributed by atoms with Crippen LogP contribution in [-0.2, 0) is 4.79 Å². The third-order valence-corrected chi connectivity index (χ3v) is 3.37. The first-order valence-corrected chi connectivity index (χ1v) is 6.24. The Kier molecular flexibility index (Phi) is 3.34. The van der Waals surface area contributed by atoms with Crippen LogP contribution in [-0.4, -0.2) is 22.4 Å². The number of halogens is 2. The fourth-order valence-corrected chi connectivity index (χ4v) is 2.66. The van der Waals surface area contributed by atoms with E-state index in [0.29, 0.717) is 0 Å². The first kappa shape index (κ1) is 13.9. The average Bonchev–Trinajstić information content (AvgIpc) is 2.53. The van der Waals surface area contributed by atoms with Crippen molar-refractivity contribution in [1.29, 1.82) is 0 Å². The summed E-state index contributed by atoms with van der Waals surface area (Å²) in [5, 5.41) is 0. The number of benzene rings is 1. The highest BCUT2D eigenvalue weighted by Gasteiger charge is 2.44. The number of likely N-dealkylation sites (tertiary alicyclic amines) is 1. The summed E-state index contributed by atoms with van der Waals surface area (Å²) in [6, 6.07) is 2.35. The standard InChI is InChI=1S/C14H18F2N2O/c1-14(2,3)18-12(19)7-11(17)13(18)9-5-4-8(15)6-10(9)16/h4-6,11,13H,7,17H2,1-3H3. The highest BCUT2D eigenvalue weighted by Crippen LogP contribution is 2.38. The minimum Gasteiger partial charge on any atom is -0.329 e. The van der Waals surface area contributed by atoms with Crippen molar-refractivity contribution in [2.45, 2.75) is 44.8 Å². The molecule has 104 valence electrons. The third-order valence-electron chi connectivity index (χ3n) is 3.37. The molecule has 1 saturated heterocycles. The van der Waals surface area contributed by atoms with Gasteiger partial charge in [0.05, 0.1) is 6.04 Å². The molecule has 3 nitrogen and oxygen atoms in total. The maximum atomic E-state index is 13.9. The second-order valence-electron chi connectivity index (χ2n) is 5.91. The van der Waals surface area contributed by atoms with E-state index in [1.165, 1.54) is 12.1 Å². The predicted octanol–water partition coefficient (Wildman–Crippen LogP) is 2.36. The highest BCUT2D eigenvalue weighted by molar-refractivity contribution is 5.81. The third kappa shape index (κ3) is 2.47. The lowest BCUT2D eigenvalue weighted by Gasteiger charge is -2.38. The molecule has 1 heterocycles. The van der Waals surface area contributed by atoms with E-state index in [0.717, 1.165) is 6.07 Å². The lowest BCUT2D eigenvalue weighted by molar-refractivity contribution is -0.133. The van der Waals surface area contributed by atoms with Gasteiger partial charge in [-0.1, -0.05) is 6.07 Å². The largest absolute Gasteiger partial charge is 0.329 e. The van der Waals surface area contributed by atoms with E-state index in [-0.39, 0.29) is 17.9 Å². The fraction of sp³-hybridized carbons (Fsp3) is 0.500. The number of nitrogens with two attached hydrogens (primary N) is 1. The summed E-state index contributed by atoms with van der Waals surface area (Å²) in [6.45, 7) is 5.62. The van der Waals surface area contributed by atoms with E-state index < -0.39 is 29.3 Å². The van der Waals surface area contributed by atoms with E-state index in [2.05, 4.69) is 0 Å². The predicted molar refractivity (Wildman–Crippen MR) is 68.3 cm³/mol. The van der Waals surface area contributed by atoms with Crippen LogP contribution in [0.15, 0.2) is 18.2 Å². The number of amides is 1. The highest BCUT2D eigenvalue weighted by atomic mass is 19.1. The van der Waals surface area contributed by atoms with Gasteiger partial charge in [-0.2, -0.15) is 0 Å². The molecule has 2 unspecified atom stereocenters. The minimum absolute atomic E-state index is 0.103. The van der Waals surface area contributed by atoms with Crippen LogP contribution in [0.4, 0.5) is 8.78 Å². The van der Waals surface area contributed by atoms with Gasteiger partial charge in [0.25, 0.3) is 0 Å². The van der Waals surface area contributed by atoms with Crippen molar-refractivity contribution >= 4 is 5.91 Å². The molecule has 5 heteroatoms. The Balaban J connectivity index is 2.48. The fourth-order valence-electron chi connectivity index (χ4n) is 2.66. The summed E-state index contributed by atoms with van der Waals surface area (Å²) in [6.07, 6.45) is 0.179. The normalized spacial score (nSPS) is 24.1. The molecule has 0 spiro atoms. The van der Waals surface area contributed by atoms with Gasteiger partial charge in [0.2, 0.25) is 5.91 Å². The van der Waals surface area contributed by atoms with Crippen molar-refractivity contribution in [3.8, 4) is 0 Å². The topological polar surface area (TPSA) is 46.3 Å². The number of hydrogen-bond acceptors (Lipinski definition) is 2. The van der Waals surface area contributed by atoms with Crippen LogP contribution in [0.1, 0.15) is 38.8 Å². The summed E-state index contributed by atoms with van der Waals surface area (Å²) in [5.41, 5.74) is 5.78. The van der Waals surface area contributed by atoms with Crippen molar-refractivity contribution in [3.05, 3.63) is 35.4 Å². The number of rotatable bonds is 1. The van der Waals surface area contributed by atoms with Gasteiger partial charge in [0.15, 0.2) is 0 Å². The molecule has 1 aromatic carbocycles. The molecule has 0 bridgehead atoms. The molecule has 0 aromatic heterocycles. The zero-order chi connectivity index (χ0) is 14.4. The summed E-state index contributed by atoms with van der Waals surface area (Å²) in [7, 11) is 0. The smallest absolute Gasteiger partial charge is 0.225 e. The molecule has 0 saturated carbocycles. The van der Waals surface area contributed by atoms with Gasteiger partial charge >= 0.3 is 0 Å². The van der Waals surface area contributed by atoms with E-state index in [4.69, 9.17) is 5.73 Å². The zero-order valence-corrected chi connectivity index (χ0v) is 11.3. The summed E-state index contributed by atoms with van der Waals surface area (Å²) in [5.74, 6) is -1.40. The summed E-state index contributed by atoms with van der Waals surface area (Å²) >= 11 is 0. The summed E-state index contributed by atoms with van der Waals surface area (Å²) in [4.78, 5) is 13.6. The Morgan fingerprint density at radius 1 is 1.32 bits per heavy atom. The SMILES string of the molecule is CC(C)(C)N1C(=O)CC(N)C1c1ccc(F)cc1F. The molecule has 1 aliphatic heterocycles. The molecular formula is C14H18F2N2O. The maximum Gasteiger partial charge on any atom is 0.225 e. The van der Waals surface area contributed by atoms with Crippen LogP contribution in [0.2, 0.25) is 0 Å². The Hall–Kier alpha value is -1.49. The second kappa shape index (κ2) is 4.56. The molecule has 2 atom stereocenters. The van der Waals surface area contributed by atoms with Gasteiger partial charge in [-0.3, -0.25) is 4.79 Å². The summed E-state index contributed by atoms with van der Waals surface area (Å²) < 4.78 is 26.9. The number of nitrogens with zero attached hydrogens (tertiary/aromatic N) is 1. The van der Waals surface area contributed by atoms with Crippen molar-refractivity contribution in [1.82, 2.24) is 4.90 Å². The molecule has 1 aromatic rings. The second-order valence-corrected chi connectivity index (χ2v) is 5.91. The zero-order valence-electron chi connectivity index (χ0n) is 11.3. The molecule has 19 heavy (non-hydrogen) atoms. The monoisotopic (exact) mass is 268 g/mol. The molecule has 1 fully saturated rings. The molecule has 0 radical (unpaired) electrons.